The molecule has 3 heteroatoms. The summed E-state index contributed by atoms with van der Waals surface area (Å²) in [7, 11) is 0. The molecule has 0 bridgehead atoms. The van der Waals surface area contributed by atoms with Crippen LogP contribution in [0.15, 0.2) is 24.3 Å². The molecular formula is C11H14O3. The van der Waals surface area contributed by atoms with E-state index in [-0.39, 0.29) is 12.7 Å². The molecule has 14 heavy (non-hydrogen) atoms. The normalized spacial score (nSPS) is 23.2. The lowest BCUT2D eigenvalue weighted by atomic mass is 10.0. The molecule has 0 spiro atoms. The third-order valence-electron chi connectivity index (χ3n) is 2.43. The van der Waals surface area contributed by atoms with Gasteiger partial charge in [-0.05, 0) is 26.0 Å². The molecule has 1 heterocycles. The zero-order chi connectivity index (χ0) is 10.2. The first-order valence-corrected chi connectivity index (χ1v) is 4.69. The molecule has 0 aliphatic carbocycles. The van der Waals surface area contributed by atoms with E-state index in [0.29, 0.717) is 5.75 Å². The Morgan fingerprint density at radius 1 is 1.29 bits per heavy atom. The molecule has 1 aliphatic rings. The fourth-order valence-electron chi connectivity index (χ4n) is 1.53. The van der Waals surface area contributed by atoms with Gasteiger partial charge in [0.2, 0.25) is 0 Å². The van der Waals surface area contributed by atoms with Gasteiger partial charge in [0.25, 0.3) is 0 Å². The fourth-order valence-corrected chi connectivity index (χ4v) is 1.53. The Morgan fingerprint density at radius 3 is 2.57 bits per heavy atom. The van der Waals surface area contributed by atoms with E-state index in [2.05, 4.69) is 0 Å². The molecule has 1 aliphatic heterocycles. The van der Waals surface area contributed by atoms with Crippen molar-refractivity contribution in [2.45, 2.75) is 25.6 Å². The lowest BCUT2D eigenvalue weighted by Gasteiger charge is -2.38. The Morgan fingerprint density at radius 2 is 1.93 bits per heavy atom. The maximum absolute atomic E-state index is 9.15. The molecule has 0 fully saturated rings. The second kappa shape index (κ2) is 3.17. The average Bonchev–Trinajstić information content (AvgIpc) is 2.15. The Balaban J connectivity index is 2.35. The summed E-state index contributed by atoms with van der Waals surface area (Å²) in [6, 6.07) is 7.49. The van der Waals surface area contributed by atoms with E-state index >= 15 is 0 Å². The van der Waals surface area contributed by atoms with Gasteiger partial charge in [0.05, 0.1) is 6.61 Å². The number of para-hydroxylation sites is 2. The van der Waals surface area contributed by atoms with Crippen molar-refractivity contribution in [1.29, 1.82) is 0 Å². The minimum Gasteiger partial charge on any atom is -0.480 e. The van der Waals surface area contributed by atoms with Crippen molar-refractivity contribution in [2.24, 2.45) is 0 Å². The molecule has 1 unspecified atom stereocenters. The van der Waals surface area contributed by atoms with Gasteiger partial charge in [-0.2, -0.15) is 0 Å². The van der Waals surface area contributed by atoms with Crippen LogP contribution in [0.5, 0.6) is 11.5 Å². The van der Waals surface area contributed by atoms with Gasteiger partial charge in [0.15, 0.2) is 17.6 Å². The Kier molecular flexibility index (Phi) is 2.11. The molecule has 0 amide bonds. The first-order valence-electron chi connectivity index (χ1n) is 4.69. The highest BCUT2D eigenvalue weighted by Gasteiger charge is 2.37. The van der Waals surface area contributed by atoms with Crippen molar-refractivity contribution in [3.8, 4) is 11.5 Å². The first kappa shape index (κ1) is 9.34. The number of hydrogen-bond donors (Lipinski definition) is 1. The van der Waals surface area contributed by atoms with Crippen molar-refractivity contribution in [2.75, 3.05) is 6.61 Å². The Hall–Kier alpha value is -1.22. The summed E-state index contributed by atoms with van der Waals surface area (Å²) in [5.74, 6) is 1.44. The van der Waals surface area contributed by atoms with Crippen LogP contribution in [0.2, 0.25) is 0 Å². The molecule has 1 atom stereocenters. The minimum absolute atomic E-state index is 0.0403. The van der Waals surface area contributed by atoms with E-state index in [1.807, 2.05) is 38.1 Å². The summed E-state index contributed by atoms with van der Waals surface area (Å²) < 4.78 is 11.4. The standard InChI is InChI=1S/C11H14O3/c1-11(2)10(7-12)13-8-5-3-4-6-9(8)14-11/h3-6,10,12H,7H2,1-2H3. The van der Waals surface area contributed by atoms with Crippen LogP contribution in [0.4, 0.5) is 0 Å². The van der Waals surface area contributed by atoms with Crippen LogP contribution >= 0.6 is 0 Å². The number of hydrogen-bond acceptors (Lipinski definition) is 3. The smallest absolute Gasteiger partial charge is 0.162 e. The Bertz CT molecular complexity index is 333. The molecule has 1 aromatic carbocycles. The SMILES string of the molecule is CC1(C)Oc2ccccc2OC1CO. The van der Waals surface area contributed by atoms with Crippen LogP contribution in [0.1, 0.15) is 13.8 Å². The molecule has 1 N–H and O–H groups in total. The summed E-state index contributed by atoms with van der Waals surface area (Å²) >= 11 is 0. The van der Waals surface area contributed by atoms with Crippen molar-refractivity contribution < 1.29 is 14.6 Å². The van der Waals surface area contributed by atoms with E-state index in [1.54, 1.807) is 0 Å². The lowest BCUT2D eigenvalue weighted by Crippen LogP contribution is -2.50. The summed E-state index contributed by atoms with van der Waals surface area (Å²) in [6.45, 7) is 3.77. The van der Waals surface area contributed by atoms with Gasteiger partial charge in [0.1, 0.15) is 5.60 Å². The predicted molar refractivity (Wildman–Crippen MR) is 52.7 cm³/mol. The number of aliphatic hydroxyl groups excluding tert-OH is 1. The molecule has 0 saturated heterocycles. The summed E-state index contributed by atoms with van der Waals surface area (Å²) in [5.41, 5.74) is -0.483. The third kappa shape index (κ3) is 1.44. The van der Waals surface area contributed by atoms with E-state index in [0.717, 1.165) is 5.75 Å². The topological polar surface area (TPSA) is 38.7 Å². The Labute approximate surface area is 83.3 Å². The van der Waals surface area contributed by atoms with Crippen LogP contribution in [0.3, 0.4) is 0 Å². The quantitative estimate of drug-likeness (QED) is 0.738. The monoisotopic (exact) mass is 194 g/mol. The zero-order valence-electron chi connectivity index (χ0n) is 8.36. The number of fused-ring (bicyclic) bond motifs is 1. The molecule has 2 rings (SSSR count). The third-order valence-corrected chi connectivity index (χ3v) is 2.43. The number of benzene rings is 1. The van der Waals surface area contributed by atoms with Gasteiger partial charge in [0, 0.05) is 0 Å². The number of aliphatic hydroxyl groups is 1. The minimum atomic E-state index is -0.483. The molecule has 0 radical (unpaired) electrons. The predicted octanol–water partition coefficient (Wildman–Crippen LogP) is 1.60. The van der Waals surface area contributed by atoms with Crippen molar-refractivity contribution in [1.82, 2.24) is 0 Å². The molecular weight excluding hydrogens is 180 g/mol. The highest BCUT2D eigenvalue weighted by atomic mass is 16.6. The average molecular weight is 194 g/mol. The van der Waals surface area contributed by atoms with Crippen LogP contribution in [0, 0.1) is 0 Å². The molecule has 0 saturated carbocycles. The summed E-state index contributed by atoms with van der Waals surface area (Å²) in [5, 5.41) is 9.15. The molecule has 76 valence electrons. The van der Waals surface area contributed by atoms with Gasteiger partial charge in [-0.15, -0.1) is 0 Å². The second-order valence-corrected chi connectivity index (χ2v) is 3.94. The zero-order valence-corrected chi connectivity index (χ0v) is 8.36. The highest BCUT2D eigenvalue weighted by molar-refractivity contribution is 5.41. The van der Waals surface area contributed by atoms with Crippen molar-refractivity contribution in [3.63, 3.8) is 0 Å². The second-order valence-electron chi connectivity index (χ2n) is 3.94. The van der Waals surface area contributed by atoms with Crippen molar-refractivity contribution in [3.05, 3.63) is 24.3 Å². The molecule has 1 aromatic rings. The maximum Gasteiger partial charge on any atom is 0.162 e. The van der Waals surface area contributed by atoms with Crippen LogP contribution < -0.4 is 9.47 Å². The lowest BCUT2D eigenvalue weighted by molar-refractivity contribution is -0.0647. The van der Waals surface area contributed by atoms with Crippen LogP contribution in [-0.2, 0) is 0 Å². The summed E-state index contributed by atoms with van der Waals surface area (Å²) in [4.78, 5) is 0. The van der Waals surface area contributed by atoms with Crippen molar-refractivity contribution >= 4 is 0 Å². The number of rotatable bonds is 1. The largest absolute Gasteiger partial charge is 0.480 e. The first-order chi connectivity index (χ1) is 6.63. The fraction of sp³-hybridized carbons (Fsp3) is 0.455. The van der Waals surface area contributed by atoms with E-state index < -0.39 is 5.60 Å². The number of ether oxygens (including phenoxy) is 2. The maximum atomic E-state index is 9.15. The molecule has 3 nitrogen and oxygen atoms in total. The summed E-state index contributed by atoms with van der Waals surface area (Å²) in [6.07, 6.45) is -0.308. The molecule has 0 aromatic heterocycles. The van der Waals surface area contributed by atoms with E-state index in [1.165, 1.54) is 0 Å². The van der Waals surface area contributed by atoms with Gasteiger partial charge >= 0.3 is 0 Å². The van der Waals surface area contributed by atoms with Crippen LogP contribution in [-0.4, -0.2) is 23.4 Å². The highest BCUT2D eigenvalue weighted by Crippen LogP contribution is 2.37. The van der Waals surface area contributed by atoms with Gasteiger partial charge < -0.3 is 14.6 Å². The van der Waals surface area contributed by atoms with Gasteiger partial charge in [-0.25, -0.2) is 0 Å². The van der Waals surface area contributed by atoms with Gasteiger partial charge in [-0.1, -0.05) is 12.1 Å². The van der Waals surface area contributed by atoms with Crippen LogP contribution in [0.25, 0.3) is 0 Å². The van der Waals surface area contributed by atoms with E-state index in [9.17, 15) is 0 Å². The van der Waals surface area contributed by atoms with E-state index in [4.69, 9.17) is 14.6 Å². The van der Waals surface area contributed by atoms with Gasteiger partial charge in [-0.3, -0.25) is 0 Å².